The molecule has 0 aliphatic heterocycles. The van der Waals surface area contributed by atoms with Crippen LogP contribution in [-0.2, 0) is 4.74 Å². The Bertz CT molecular complexity index is 234. The summed E-state index contributed by atoms with van der Waals surface area (Å²) < 4.78 is 5.96. The molecule has 0 saturated heterocycles. The Balaban J connectivity index is 1.78. The van der Waals surface area contributed by atoms with E-state index in [9.17, 15) is 0 Å². The molecule has 0 radical (unpaired) electrons. The maximum Gasteiger partial charge on any atom is 0.0679 e. The standard InChI is InChI=1S/C18H34O/c1-3-4-8-13-18(19-2)14-11-17(12-15-18)16-9-6-5-7-10-16/h16-17H,3-15H2,1-2H3/t17-,18+. The highest BCUT2D eigenvalue weighted by atomic mass is 16.5. The molecule has 0 amide bonds. The van der Waals surface area contributed by atoms with Crippen LogP contribution in [0.3, 0.4) is 0 Å². The maximum atomic E-state index is 5.96. The van der Waals surface area contributed by atoms with Crippen molar-refractivity contribution >= 4 is 0 Å². The summed E-state index contributed by atoms with van der Waals surface area (Å²) in [4.78, 5) is 0. The van der Waals surface area contributed by atoms with E-state index in [-0.39, 0.29) is 5.60 Å². The van der Waals surface area contributed by atoms with Gasteiger partial charge in [0, 0.05) is 7.11 Å². The van der Waals surface area contributed by atoms with Crippen molar-refractivity contribution < 1.29 is 4.74 Å². The number of hydrogen-bond acceptors (Lipinski definition) is 1. The lowest BCUT2D eigenvalue weighted by molar-refractivity contribution is -0.0632. The average Bonchev–Trinajstić information content (AvgIpc) is 2.49. The predicted octanol–water partition coefficient (Wildman–Crippen LogP) is 5.72. The minimum atomic E-state index is 0.250. The zero-order chi connectivity index (χ0) is 13.6. The molecule has 0 N–H and O–H groups in total. The molecule has 0 aromatic heterocycles. The molecule has 2 aliphatic rings. The van der Waals surface area contributed by atoms with Crippen molar-refractivity contribution in [3.8, 4) is 0 Å². The molecule has 0 heterocycles. The third-order valence-electron chi connectivity index (χ3n) is 5.93. The van der Waals surface area contributed by atoms with Gasteiger partial charge in [0.2, 0.25) is 0 Å². The monoisotopic (exact) mass is 266 g/mol. The van der Waals surface area contributed by atoms with Crippen molar-refractivity contribution in [1.29, 1.82) is 0 Å². The highest BCUT2D eigenvalue weighted by Gasteiger charge is 2.37. The van der Waals surface area contributed by atoms with E-state index < -0.39 is 0 Å². The number of methoxy groups -OCH3 is 1. The average molecular weight is 266 g/mol. The summed E-state index contributed by atoms with van der Waals surface area (Å²) in [6.45, 7) is 2.29. The fourth-order valence-corrected chi connectivity index (χ4v) is 4.50. The first-order chi connectivity index (χ1) is 9.29. The second-order valence-corrected chi connectivity index (χ2v) is 7.08. The van der Waals surface area contributed by atoms with E-state index in [4.69, 9.17) is 4.74 Å². The number of hydrogen-bond donors (Lipinski definition) is 0. The molecular weight excluding hydrogens is 232 g/mol. The number of unbranched alkanes of at least 4 members (excludes halogenated alkanes) is 2. The molecule has 19 heavy (non-hydrogen) atoms. The molecule has 112 valence electrons. The normalized spacial score (nSPS) is 33.5. The lowest BCUT2D eigenvalue weighted by Gasteiger charge is -2.42. The molecular formula is C18H34O. The van der Waals surface area contributed by atoms with Gasteiger partial charge in [-0.3, -0.25) is 0 Å². The quantitative estimate of drug-likeness (QED) is 0.558. The third kappa shape index (κ3) is 4.21. The molecule has 0 aromatic carbocycles. The number of ether oxygens (including phenoxy) is 1. The van der Waals surface area contributed by atoms with E-state index >= 15 is 0 Å². The molecule has 0 spiro atoms. The van der Waals surface area contributed by atoms with Gasteiger partial charge in [-0.15, -0.1) is 0 Å². The minimum absolute atomic E-state index is 0.250. The van der Waals surface area contributed by atoms with Gasteiger partial charge in [0.25, 0.3) is 0 Å². The second kappa shape index (κ2) is 7.67. The lowest BCUT2D eigenvalue weighted by atomic mass is 9.68. The molecule has 0 atom stereocenters. The Morgan fingerprint density at radius 2 is 1.53 bits per heavy atom. The Morgan fingerprint density at radius 3 is 2.11 bits per heavy atom. The zero-order valence-corrected chi connectivity index (χ0v) is 13.3. The summed E-state index contributed by atoms with van der Waals surface area (Å²) in [6.07, 6.45) is 18.4. The van der Waals surface area contributed by atoms with Gasteiger partial charge < -0.3 is 4.74 Å². The van der Waals surface area contributed by atoms with Crippen LogP contribution in [0, 0.1) is 11.8 Å². The summed E-state index contributed by atoms with van der Waals surface area (Å²) in [5, 5.41) is 0. The Labute approximate surface area is 120 Å². The van der Waals surface area contributed by atoms with Crippen LogP contribution in [0.4, 0.5) is 0 Å². The van der Waals surface area contributed by atoms with Gasteiger partial charge in [0.05, 0.1) is 5.60 Å². The van der Waals surface area contributed by atoms with Crippen molar-refractivity contribution in [2.24, 2.45) is 11.8 Å². The summed E-state index contributed by atoms with van der Waals surface area (Å²) in [5.74, 6) is 2.08. The molecule has 0 unspecified atom stereocenters. The van der Waals surface area contributed by atoms with Crippen LogP contribution in [0.15, 0.2) is 0 Å². The van der Waals surface area contributed by atoms with Gasteiger partial charge in [-0.1, -0.05) is 58.3 Å². The SMILES string of the molecule is CCCCC[C@]1(OC)CC[C@@H](C2CCCCC2)CC1. The molecule has 0 aromatic rings. The molecule has 0 bridgehead atoms. The molecule has 1 nitrogen and oxygen atoms in total. The highest BCUT2D eigenvalue weighted by Crippen LogP contribution is 2.44. The fraction of sp³-hybridized carbons (Fsp3) is 1.00. The van der Waals surface area contributed by atoms with Crippen molar-refractivity contribution in [3.05, 3.63) is 0 Å². The van der Waals surface area contributed by atoms with Gasteiger partial charge in [-0.05, 0) is 43.9 Å². The van der Waals surface area contributed by atoms with Gasteiger partial charge >= 0.3 is 0 Å². The third-order valence-corrected chi connectivity index (χ3v) is 5.93. The Hall–Kier alpha value is -0.0400. The van der Waals surface area contributed by atoms with Crippen LogP contribution in [0.5, 0.6) is 0 Å². The summed E-state index contributed by atoms with van der Waals surface area (Å²) in [6, 6.07) is 0. The Kier molecular flexibility index (Phi) is 6.19. The zero-order valence-electron chi connectivity index (χ0n) is 13.3. The highest BCUT2D eigenvalue weighted by molar-refractivity contribution is 4.89. The largest absolute Gasteiger partial charge is 0.378 e. The van der Waals surface area contributed by atoms with Gasteiger partial charge in [-0.25, -0.2) is 0 Å². The van der Waals surface area contributed by atoms with E-state index in [1.807, 2.05) is 7.11 Å². The Morgan fingerprint density at radius 1 is 0.895 bits per heavy atom. The van der Waals surface area contributed by atoms with Crippen molar-refractivity contribution in [2.75, 3.05) is 7.11 Å². The van der Waals surface area contributed by atoms with Crippen LogP contribution in [0.25, 0.3) is 0 Å². The lowest BCUT2D eigenvalue weighted by Crippen LogP contribution is -2.38. The van der Waals surface area contributed by atoms with Crippen LogP contribution in [0.2, 0.25) is 0 Å². The van der Waals surface area contributed by atoms with Crippen molar-refractivity contribution in [3.63, 3.8) is 0 Å². The minimum Gasteiger partial charge on any atom is -0.378 e. The van der Waals surface area contributed by atoms with Gasteiger partial charge in [0.15, 0.2) is 0 Å². The molecule has 2 aliphatic carbocycles. The van der Waals surface area contributed by atoms with Crippen molar-refractivity contribution in [1.82, 2.24) is 0 Å². The summed E-state index contributed by atoms with van der Waals surface area (Å²) >= 11 is 0. The smallest absolute Gasteiger partial charge is 0.0679 e. The molecule has 2 fully saturated rings. The van der Waals surface area contributed by atoms with Crippen LogP contribution in [-0.4, -0.2) is 12.7 Å². The van der Waals surface area contributed by atoms with E-state index in [0.29, 0.717) is 0 Å². The van der Waals surface area contributed by atoms with Gasteiger partial charge in [0.1, 0.15) is 0 Å². The van der Waals surface area contributed by atoms with E-state index in [2.05, 4.69) is 6.92 Å². The van der Waals surface area contributed by atoms with Crippen LogP contribution < -0.4 is 0 Å². The van der Waals surface area contributed by atoms with Gasteiger partial charge in [-0.2, -0.15) is 0 Å². The van der Waals surface area contributed by atoms with Crippen molar-refractivity contribution in [2.45, 2.75) is 96.0 Å². The summed E-state index contributed by atoms with van der Waals surface area (Å²) in [7, 11) is 1.95. The van der Waals surface area contributed by atoms with Crippen LogP contribution in [0.1, 0.15) is 90.4 Å². The van der Waals surface area contributed by atoms with E-state index in [1.165, 1.54) is 83.5 Å². The molecule has 1 heteroatoms. The number of rotatable bonds is 6. The predicted molar refractivity (Wildman–Crippen MR) is 82.4 cm³/mol. The molecule has 2 saturated carbocycles. The second-order valence-electron chi connectivity index (χ2n) is 7.08. The maximum absolute atomic E-state index is 5.96. The van der Waals surface area contributed by atoms with E-state index in [1.54, 1.807) is 0 Å². The first-order valence-corrected chi connectivity index (χ1v) is 8.85. The topological polar surface area (TPSA) is 9.23 Å². The summed E-state index contributed by atoms with van der Waals surface area (Å²) in [5.41, 5.74) is 0.250. The van der Waals surface area contributed by atoms with E-state index in [0.717, 1.165) is 11.8 Å². The van der Waals surface area contributed by atoms with Crippen LogP contribution >= 0.6 is 0 Å². The first kappa shape index (κ1) is 15.4. The molecule has 2 rings (SSSR count). The fourth-order valence-electron chi connectivity index (χ4n) is 4.50. The first-order valence-electron chi connectivity index (χ1n) is 8.85.